The van der Waals surface area contributed by atoms with Gasteiger partial charge in [0.05, 0.1) is 47.7 Å². The summed E-state index contributed by atoms with van der Waals surface area (Å²) in [6, 6.07) is 18.3. The molecule has 1 saturated heterocycles. The third kappa shape index (κ3) is 5.83. The lowest BCUT2D eigenvalue weighted by molar-refractivity contribution is -0.274. The van der Waals surface area contributed by atoms with E-state index in [1.165, 1.54) is 12.1 Å². The number of aliphatic hydroxyl groups is 1. The number of halogens is 3. The number of para-hydroxylation sites is 4. The lowest BCUT2D eigenvalue weighted by atomic mass is 9.98. The molecule has 1 fully saturated rings. The number of hydrogen-bond donors (Lipinski definition) is 2. The van der Waals surface area contributed by atoms with Crippen molar-refractivity contribution in [3.8, 4) is 17.2 Å². The van der Waals surface area contributed by atoms with E-state index < -0.39 is 40.2 Å². The van der Waals surface area contributed by atoms with Gasteiger partial charge in [0.25, 0.3) is 0 Å². The van der Waals surface area contributed by atoms with Crippen LogP contribution in [0.15, 0.2) is 82.1 Å². The monoisotopic (exact) mass is 563 g/mol. The van der Waals surface area contributed by atoms with E-state index in [1.807, 2.05) is 60.4 Å². The van der Waals surface area contributed by atoms with Gasteiger partial charge in [0.2, 0.25) is 0 Å². The molecule has 0 aromatic heterocycles. The van der Waals surface area contributed by atoms with Crippen molar-refractivity contribution in [3.63, 3.8) is 0 Å². The maximum atomic E-state index is 14.1. The molecular weight excluding hydrogens is 535 g/mol. The standard InChI is InChI=1S/C27H28F3N3O5S/c1-2-15-31-39(35,19-13-11-18(12-14-19)38-27(28,29)30)32-20-16-36-17-23(26(20)34)33-21-7-3-5-9-24(21)37-25-10-6-4-8-22(25)33/h3-14,20,23,26,34H,2,15-17H2,1H3,(H,31,32,35)/t20-,23-,26+,39?/m0/s1. The number of rotatable bonds is 7. The zero-order chi connectivity index (χ0) is 27.6. The predicted molar refractivity (Wildman–Crippen MR) is 140 cm³/mol. The number of nitrogens with one attached hydrogen (secondary N) is 1. The number of ether oxygens (including phenoxy) is 3. The quantitative estimate of drug-likeness (QED) is 0.400. The highest BCUT2D eigenvalue weighted by Gasteiger charge is 2.41. The van der Waals surface area contributed by atoms with Gasteiger partial charge in [-0.3, -0.25) is 0 Å². The highest BCUT2D eigenvalue weighted by atomic mass is 32.2. The van der Waals surface area contributed by atoms with Gasteiger partial charge in [0.1, 0.15) is 15.7 Å². The van der Waals surface area contributed by atoms with Crippen LogP contribution in [0, 0.1) is 0 Å². The summed E-state index contributed by atoms with van der Waals surface area (Å²) in [7, 11) is -3.34. The number of benzene rings is 3. The Balaban J connectivity index is 1.45. The molecule has 3 aromatic rings. The first-order valence-electron chi connectivity index (χ1n) is 12.5. The minimum absolute atomic E-state index is 0.0548. The summed E-state index contributed by atoms with van der Waals surface area (Å²) in [6.45, 7) is 2.35. The summed E-state index contributed by atoms with van der Waals surface area (Å²) in [4.78, 5) is 2.13. The third-order valence-corrected chi connectivity index (χ3v) is 8.46. The molecule has 2 N–H and O–H groups in total. The molecule has 0 saturated carbocycles. The van der Waals surface area contributed by atoms with Crippen LogP contribution in [-0.2, 0) is 14.7 Å². The average Bonchev–Trinajstić information content (AvgIpc) is 2.91. The van der Waals surface area contributed by atoms with Gasteiger partial charge in [-0.2, -0.15) is 0 Å². The predicted octanol–water partition coefficient (Wildman–Crippen LogP) is 5.40. The van der Waals surface area contributed by atoms with Crippen LogP contribution in [0.5, 0.6) is 17.2 Å². The first-order chi connectivity index (χ1) is 18.7. The summed E-state index contributed by atoms with van der Waals surface area (Å²) in [6.07, 6.45) is -5.30. The fourth-order valence-corrected chi connectivity index (χ4v) is 6.56. The molecule has 0 bridgehead atoms. The van der Waals surface area contributed by atoms with Gasteiger partial charge in [-0.1, -0.05) is 31.2 Å². The topological polar surface area (TPSA) is 92.6 Å². The third-order valence-electron chi connectivity index (χ3n) is 6.38. The summed E-state index contributed by atoms with van der Waals surface area (Å²) in [5, 5.41) is 11.6. The molecule has 0 radical (unpaired) electrons. The highest BCUT2D eigenvalue weighted by molar-refractivity contribution is 7.91. The van der Waals surface area contributed by atoms with Crippen LogP contribution in [0.25, 0.3) is 0 Å². The van der Waals surface area contributed by atoms with Crippen molar-refractivity contribution >= 4 is 21.3 Å². The Kier molecular flexibility index (Phi) is 7.72. The number of fused-ring (bicyclic) bond motifs is 2. The molecule has 2 heterocycles. The molecule has 5 rings (SSSR count). The fraction of sp³-hybridized carbons (Fsp3) is 0.333. The van der Waals surface area contributed by atoms with Crippen LogP contribution in [0.2, 0.25) is 0 Å². The summed E-state index contributed by atoms with van der Waals surface area (Å²) in [5.74, 6) is 0.817. The second-order valence-electron chi connectivity index (χ2n) is 9.13. The fourth-order valence-electron chi connectivity index (χ4n) is 4.63. The Labute approximate surface area is 224 Å². The minimum atomic E-state index is -4.84. The van der Waals surface area contributed by atoms with Crippen LogP contribution in [0.1, 0.15) is 13.3 Å². The number of alkyl halides is 3. The molecule has 0 amide bonds. The lowest BCUT2D eigenvalue weighted by Gasteiger charge is -2.44. The van der Waals surface area contributed by atoms with Gasteiger partial charge in [0.15, 0.2) is 11.5 Å². The second-order valence-corrected chi connectivity index (χ2v) is 11.1. The molecule has 3 aromatic carbocycles. The highest BCUT2D eigenvalue weighted by Crippen LogP contribution is 2.48. The molecule has 2 aliphatic heterocycles. The van der Waals surface area contributed by atoms with Crippen LogP contribution in [-0.4, -0.2) is 53.6 Å². The lowest BCUT2D eigenvalue weighted by Crippen LogP contribution is -2.60. The van der Waals surface area contributed by atoms with Gasteiger partial charge in [0, 0.05) is 6.54 Å². The molecule has 2 aliphatic rings. The molecule has 0 aliphatic carbocycles. The minimum Gasteiger partial charge on any atom is -0.453 e. The van der Waals surface area contributed by atoms with Crippen molar-refractivity contribution in [3.05, 3.63) is 72.8 Å². The largest absolute Gasteiger partial charge is 0.573 e. The van der Waals surface area contributed by atoms with E-state index in [2.05, 4.69) is 13.8 Å². The molecule has 1 unspecified atom stereocenters. The Morgan fingerprint density at radius 3 is 2.23 bits per heavy atom. The van der Waals surface area contributed by atoms with E-state index in [9.17, 15) is 22.5 Å². The van der Waals surface area contributed by atoms with Crippen molar-refractivity contribution in [2.24, 2.45) is 4.36 Å². The van der Waals surface area contributed by atoms with Crippen LogP contribution < -0.4 is 19.1 Å². The first kappa shape index (κ1) is 27.3. The molecule has 4 atom stereocenters. The second kappa shape index (κ2) is 11.0. The average molecular weight is 564 g/mol. The van der Waals surface area contributed by atoms with E-state index in [1.54, 1.807) is 0 Å². The van der Waals surface area contributed by atoms with Gasteiger partial charge in [-0.05, 0) is 55.0 Å². The molecular formula is C27H28F3N3O5S. The Hall–Kier alpha value is -3.32. The summed E-state index contributed by atoms with van der Waals surface area (Å²) in [5.41, 5.74) is 1.50. The van der Waals surface area contributed by atoms with Crippen LogP contribution in [0.3, 0.4) is 0 Å². The first-order valence-corrected chi connectivity index (χ1v) is 14.0. The maximum Gasteiger partial charge on any atom is 0.573 e. The van der Waals surface area contributed by atoms with Crippen molar-refractivity contribution in [2.45, 2.75) is 42.8 Å². The Bertz CT molecular complexity index is 1380. The van der Waals surface area contributed by atoms with Gasteiger partial charge in [-0.25, -0.2) is 13.3 Å². The Morgan fingerprint density at radius 2 is 1.64 bits per heavy atom. The molecule has 8 nitrogen and oxygen atoms in total. The van der Waals surface area contributed by atoms with Crippen molar-refractivity contribution in [2.75, 3.05) is 24.7 Å². The van der Waals surface area contributed by atoms with E-state index in [4.69, 9.17) is 9.47 Å². The number of nitrogens with zero attached hydrogens (tertiary/aromatic N) is 2. The van der Waals surface area contributed by atoms with Crippen molar-refractivity contribution < 1.29 is 36.7 Å². The Morgan fingerprint density at radius 1 is 1.03 bits per heavy atom. The smallest absolute Gasteiger partial charge is 0.453 e. The van der Waals surface area contributed by atoms with Gasteiger partial charge >= 0.3 is 6.36 Å². The molecule has 39 heavy (non-hydrogen) atoms. The zero-order valence-electron chi connectivity index (χ0n) is 21.0. The van der Waals surface area contributed by atoms with Crippen LogP contribution >= 0.6 is 0 Å². The number of anilines is 2. The maximum absolute atomic E-state index is 14.1. The van der Waals surface area contributed by atoms with E-state index in [0.29, 0.717) is 17.9 Å². The molecule has 12 heteroatoms. The normalized spacial score (nSPS) is 22.2. The van der Waals surface area contributed by atoms with Gasteiger partial charge in [-0.15, -0.1) is 13.2 Å². The van der Waals surface area contributed by atoms with E-state index >= 15 is 0 Å². The van der Waals surface area contributed by atoms with Crippen LogP contribution in [0.4, 0.5) is 24.5 Å². The molecule has 0 spiro atoms. The van der Waals surface area contributed by atoms with Crippen molar-refractivity contribution in [1.82, 2.24) is 4.72 Å². The number of hydrogen-bond acceptors (Lipinski definition) is 7. The SMILES string of the molecule is CCCN=S(=O)(N[C@H]1COC[C@H](N2c3ccccc3Oc3ccccc32)[C@@H]1O)c1ccc(OC(F)(F)F)cc1. The van der Waals surface area contributed by atoms with Crippen molar-refractivity contribution in [1.29, 1.82) is 0 Å². The number of aliphatic hydroxyl groups excluding tert-OH is 1. The van der Waals surface area contributed by atoms with Gasteiger partial charge < -0.3 is 24.2 Å². The van der Waals surface area contributed by atoms with E-state index in [0.717, 1.165) is 23.5 Å². The summed E-state index contributed by atoms with van der Waals surface area (Å²) >= 11 is 0. The summed E-state index contributed by atoms with van der Waals surface area (Å²) < 4.78 is 75.1. The van der Waals surface area contributed by atoms with E-state index in [-0.39, 0.29) is 24.7 Å². The zero-order valence-corrected chi connectivity index (χ0v) is 21.8. The molecule has 208 valence electrons.